The molecular weight excluding hydrogens is 190 g/mol. The van der Waals surface area contributed by atoms with Crippen LogP contribution in [0.3, 0.4) is 0 Å². The molecule has 1 spiro atoms. The molecule has 1 aliphatic carbocycles. The summed E-state index contributed by atoms with van der Waals surface area (Å²) in [6.45, 7) is 4.42. The number of nitrogens with one attached hydrogen (secondary N) is 1. The third kappa shape index (κ3) is 1.73. The molecule has 1 heterocycles. The Bertz CT molecular complexity index is 311. The predicted molar refractivity (Wildman–Crippen MR) is 59.3 cm³/mol. The zero-order valence-corrected chi connectivity index (χ0v) is 9.42. The van der Waals surface area contributed by atoms with Gasteiger partial charge in [0.05, 0.1) is 0 Å². The molecule has 2 rings (SSSR count). The molecular formula is C11H19N3O. The van der Waals surface area contributed by atoms with Gasteiger partial charge in [-0.1, -0.05) is 20.3 Å². The van der Waals surface area contributed by atoms with E-state index in [0.29, 0.717) is 17.8 Å². The van der Waals surface area contributed by atoms with E-state index in [2.05, 4.69) is 24.2 Å². The minimum atomic E-state index is -0.530. The lowest BCUT2D eigenvalue weighted by molar-refractivity contribution is -0.125. The highest BCUT2D eigenvalue weighted by Gasteiger charge is 2.46. The Hall–Kier alpha value is -1.06. The molecule has 0 radical (unpaired) electrons. The lowest BCUT2D eigenvalue weighted by Crippen LogP contribution is -2.44. The number of nitrogens with zero attached hydrogens (tertiary/aromatic N) is 1. The third-order valence-corrected chi connectivity index (χ3v) is 3.71. The van der Waals surface area contributed by atoms with Crippen LogP contribution in [-0.4, -0.2) is 17.4 Å². The Labute approximate surface area is 90.3 Å². The average Bonchev–Trinajstić information content (AvgIpc) is 2.41. The highest BCUT2D eigenvalue weighted by Crippen LogP contribution is 2.40. The number of rotatable bonds is 1. The largest absolute Gasteiger partial charge is 0.370 e. The molecule has 1 saturated carbocycles. The van der Waals surface area contributed by atoms with Crippen molar-refractivity contribution in [3.8, 4) is 0 Å². The fourth-order valence-electron chi connectivity index (χ4n) is 2.71. The summed E-state index contributed by atoms with van der Waals surface area (Å²) in [5.41, 5.74) is 5.04. The number of nitrogens with two attached hydrogens (primary N) is 1. The van der Waals surface area contributed by atoms with Crippen molar-refractivity contribution in [2.24, 2.45) is 22.6 Å². The first-order chi connectivity index (χ1) is 7.03. The van der Waals surface area contributed by atoms with Crippen LogP contribution >= 0.6 is 0 Å². The molecule has 2 aliphatic rings. The zero-order chi connectivity index (χ0) is 11.1. The Kier molecular flexibility index (Phi) is 2.44. The molecule has 1 aliphatic heterocycles. The number of guanidine groups is 1. The van der Waals surface area contributed by atoms with Gasteiger partial charge in [-0.3, -0.25) is 10.1 Å². The summed E-state index contributed by atoms with van der Waals surface area (Å²) < 4.78 is 0. The molecule has 1 fully saturated rings. The topological polar surface area (TPSA) is 67.5 Å². The molecule has 0 saturated heterocycles. The Balaban J connectivity index is 2.18. The molecule has 0 aromatic carbocycles. The van der Waals surface area contributed by atoms with Crippen LogP contribution in [-0.2, 0) is 4.79 Å². The van der Waals surface area contributed by atoms with Crippen molar-refractivity contribution < 1.29 is 4.79 Å². The number of hydrogen-bond acceptors (Lipinski definition) is 3. The quantitative estimate of drug-likeness (QED) is 0.677. The van der Waals surface area contributed by atoms with E-state index in [1.807, 2.05) is 0 Å². The van der Waals surface area contributed by atoms with Gasteiger partial charge in [0.15, 0.2) is 5.96 Å². The summed E-state index contributed by atoms with van der Waals surface area (Å²) in [7, 11) is 0. The standard InChI is InChI=1S/C11H19N3O/c1-7(2)8-4-3-5-11(6-8)9(15)13-10(12)14-11/h7-8H,3-6H2,1-2H3,(H3,12,13,14,15). The molecule has 0 aromatic rings. The van der Waals surface area contributed by atoms with Gasteiger partial charge in [0.25, 0.3) is 5.91 Å². The van der Waals surface area contributed by atoms with E-state index in [9.17, 15) is 4.79 Å². The van der Waals surface area contributed by atoms with Gasteiger partial charge in [-0.25, -0.2) is 4.99 Å². The molecule has 3 N–H and O–H groups in total. The normalized spacial score (nSPS) is 35.8. The summed E-state index contributed by atoms with van der Waals surface area (Å²) in [4.78, 5) is 16.2. The summed E-state index contributed by atoms with van der Waals surface area (Å²) in [5, 5.41) is 2.63. The molecule has 2 unspecified atom stereocenters. The van der Waals surface area contributed by atoms with Gasteiger partial charge in [-0.05, 0) is 31.1 Å². The second-order valence-electron chi connectivity index (χ2n) is 5.08. The van der Waals surface area contributed by atoms with E-state index in [1.54, 1.807) is 0 Å². The number of carbonyl (C=O) groups is 1. The van der Waals surface area contributed by atoms with Crippen LogP contribution in [0.25, 0.3) is 0 Å². The van der Waals surface area contributed by atoms with Gasteiger partial charge < -0.3 is 5.73 Å². The second kappa shape index (κ2) is 3.51. The number of carbonyl (C=O) groups excluding carboxylic acids is 1. The molecule has 4 heteroatoms. The third-order valence-electron chi connectivity index (χ3n) is 3.71. The summed E-state index contributed by atoms with van der Waals surface area (Å²) in [5.74, 6) is 1.51. The molecule has 0 aromatic heterocycles. The molecule has 2 atom stereocenters. The molecule has 84 valence electrons. The summed E-state index contributed by atoms with van der Waals surface area (Å²) in [6, 6.07) is 0. The maximum atomic E-state index is 11.8. The van der Waals surface area contributed by atoms with Crippen molar-refractivity contribution in [2.45, 2.75) is 45.1 Å². The number of hydrogen-bond donors (Lipinski definition) is 2. The summed E-state index contributed by atoms with van der Waals surface area (Å²) in [6.07, 6.45) is 4.00. The van der Waals surface area contributed by atoms with E-state index in [0.717, 1.165) is 19.3 Å². The minimum absolute atomic E-state index is 0.00495. The number of amides is 1. The zero-order valence-electron chi connectivity index (χ0n) is 9.42. The molecule has 0 bridgehead atoms. The Morgan fingerprint density at radius 2 is 2.33 bits per heavy atom. The Morgan fingerprint density at radius 3 is 2.87 bits per heavy atom. The van der Waals surface area contributed by atoms with Crippen molar-refractivity contribution in [3.05, 3.63) is 0 Å². The lowest BCUT2D eigenvalue weighted by atomic mass is 9.72. The fraction of sp³-hybridized carbons (Fsp3) is 0.818. The van der Waals surface area contributed by atoms with Crippen molar-refractivity contribution in [2.75, 3.05) is 0 Å². The fourth-order valence-corrected chi connectivity index (χ4v) is 2.71. The predicted octanol–water partition coefficient (Wildman–Crippen LogP) is 1.02. The SMILES string of the molecule is CC(C)C1CCCC2(C1)N=C(N)NC2=O. The lowest BCUT2D eigenvalue weighted by Gasteiger charge is -2.35. The van der Waals surface area contributed by atoms with Crippen molar-refractivity contribution in [3.63, 3.8) is 0 Å². The van der Waals surface area contributed by atoms with Crippen LogP contribution in [0.4, 0.5) is 0 Å². The van der Waals surface area contributed by atoms with Gasteiger partial charge in [-0.2, -0.15) is 0 Å². The van der Waals surface area contributed by atoms with Crippen molar-refractivity contribution in [1.82, 2.24) is 5.32 Å². The van der Waals surface area contributed by atoms with Crippen LogP contribution in [0.15, 0.2) is 4.99 Å². The Morgan fingerprint density at radius 1 is 1.60 bits per heavy atom. The van der Waals surface area contributed by atoms with Gasteiger partial charge in [-0.15, -0.1) is 0 Å². The first kappa shape index (κ1) is 10.5. The van der Waals surface area contributed by atoms with Gasteiger partial charge in [0.1, 0.15) is 5.54 Å². The summed E-state index contributed by atoms with van der Waals surface area (Å²) >= 11 is 0. The van der Waals surface area contributed by atoms with Crippen LogP contribution in [0.2, 0.25) is 0 Å². The maximum absolute atomic E-state index is 11.8. The first-order valence-corrected chi connectivity index (χ1v) is 5.70. The maximum Gasteiger partial charge on any atom is 0.254 e. The van der Waals surface area contributed by atoms with E-state index >= 15 is 0 Å². The van der Waals surface area contributed by atoms with Crippen LogP contribution in [0.5, 0.6) is 0 Å². The molecule has 15 heavy (non-hydrogen) atoms. The van der Waals surface area contributed by atoms with Crippen molar-refractivity contribution >= 4 is 11.9 Å². The van der Waals surface area contributed by atoms with Crippen LogP contribution in [0.1, 0.15) is 39.5 Å². The van der Waals surface area contributed by atoms with E-state index in [4.69, 9.17) is 5.73 Å². The highest BCUT2D eigenvalue weighted by molar-refractivity contribution is 6.06. The van der Waals surface area contributed by atoms with Crippen LogP contribution in [0, 0.1) is 11.8 Å². The average molecular weight is 209 g/mol. The van der Waals surface area contributed by atoms with Crippen LogP contribution < -0.4 is 11.1 Å². The monoisotopic (exact) mass is 209 g/mol. The first-order valence-electron chi connectivity index (χ1n) is 5.70. The molecule has 1 amide bonds. The van der Waals surface area contributed by atoms with E-state index in [-0.39, 0.29) is 5.91 Å². The van der Waals surface area contributed by atoms with Gasteiger partial charge in [0.2, 0.25) is 0 Å². The highest BCUT2D eigenvalue weighted by atomic mass is 16.2. The van der Waals surface area contributed by atoms with Gasteiger partial charge >= 0.3 is 0 Å². The minimum Gasteiger partial charge on any atom is -0.370 e. The smallest absolute Gasteiger partial charge is 0.254 e. The van der Waals surface area contributed by atoms with E-state index < -0.39 is 5.54 Å². The second-order valence-corrected chi connectivity index (χ2v) is 5.08. The molecule has 4 nitrogen and oxygen atoms in total. The van der Waals surface area contributed by atoms with E-state index in [1.165, 1.54) is 6.42 Å². The van der Waals surface area contributed by atoms with Crippen molar-refractivity contribution in [1.29, 1.82) is 0 Å². The number of aliphatic imine (C=N–C) groups is 1. The van der Waals surface area contributed by atoms with Gasteiger partial charge in [0, 0.05) is 0 Å².